The first-order valence-electron chi connectivity index (χ1n) is 10.6. The molecule has 1 aliphatic rings. The zero-order valence-electron chi connectivity index (χ0n) is 19.5. The Morgan fingerprint density at radius 1 is 1.03 bits per heavy atom. The predicted molar refractivity (Wildman–Crippen MR) is 119 cm³/mol. The summed E-state index contributed by atoms with van der Waals surface area (Å²) in [6, 6.07) is 0.633. The smallest absolute Gasteiger partial charge is 0.416 e. The molecule has 0 fully saturated rings. The quantitative estimate of drug-likeness (QED) is 0.362. The van der Waals surface area contributed by atoms with E-state index in [9.17, 15) is 35.9 Å². The largest absolute Gasteiger partial charge is 0.462 e. The van der Waals surface area contributed by atoms with Gasteiger partial charge in [-0.3, -0.25) is 4.79 Å². The number of ether oxygens (including phenoxy) is 1. The Balaban J connectivity index is 2.12. The lowest BCUT2D eigenvalue weighted by Crippen LogP contribution is -2.55. The fraction of sp³-hybridized carbons (Fsp3) is 0.478. The highest BCUT2D eigenvalue weighted by Crippen LogP contribution is 2.45. The molecule has 0 spiro atoms. The molecule has 2 N–H and O–H groups in total. The number of halogens is 6. The number of nitrogens with one attached hydrogen (secondary N) is 2. The van der Waals surface area contributed by atoms with Gasteiger partial charge in [-0.1, -0.05) is 0 Å². The molecule has 1 aromatic carbocycles. The van der Waals surface area contributed by atoms with Crippen LogP contribution in [-0.4, -0.2) is 24.0 Å². The van der Waals surface area contributed by atoms with Crippen molar-refractivity contribution in [3.8, 4) is 0 Å². The molecule has 0 unspecified atom stereocenters. The fourth-order valence-electron chi connectivity index (χ4n) is 4.30. The molecular weight excluding hydrogens is 498 g/mol. The SMILES string of the molecule is CCOC(=O)c1c(NC(=O)c2cc(C(F)(F)F)cc(C(F)(F)F)c2)sc2c1CC(C)(C)NC2(C)C. The van der Waals surface area contributed by atoms with Crippen LogP contribution in [0.3, 0.4) is 0 Å². The zero-order chi connectivity index (χ0) is 26.6. The summed E-state index contributed by atoms with van der Waals surface area (Å²) in [4.78, 5) is 26.4. The lowest BCUT2D eigenvalue weighted by molar-refractivity contribution is -0.143. The summed E-state index contributed by atoms with van der Waals surface area (Å²) in [7, 11) is 0. The number of anilines is 1. The van der Waals surface area contributed by atoms with E-state index in [1.54, 1.807) is 6.92 Å². The highest BCUT2D eigenvalue weighted by Gasteiger charge is 2.42. The summed E-state index contributed by atoms with van der Waals surface area (Å²) in [6.45, 7) is 9.20. The van der Waals surface area contributed by atoms with Gasteiger partial charge in [0.25, 0.3) is 5.91 Å². The van der Waals surface area contributed by atoms with Crippen molar-refractivity contribution in [2.45, 2.75) is 64.5 Å². The first kappa shape index (κ1) is 27.0. The van der Waals surface area contributed by atoms with E-state index in [0.29, 0.717) is 29.0 Å². The van der Waals surface area contributed by atoms with E-state index in [2.05, 4.69) is 10.6 Å². The minimum atomic E-state index is -5.10. The molecule has 0 atom stereocenters. The molecule has 1 amide bonds. The van der Waals surface area contributed by atoms with Gasteiger partial charge >= 0.3 is 18.3 Å². The second kappa shape index (κ2) is 8.81. The first-order valence-corrected chi connectivity index (χ1v) is 11.4. The number of rotatable bonds is 4. The van der Waals surface area contributed by atoms with Crippen LogP contribution in [0.2, 0.25) is 0 Å². The zero-order valence-corrected chi connectivity index (χ0v) is 20.4. The topological polar surface area (TPSA) is 67.4 Å². The molecule has 3 rings (SSSR count). The van der Waals surface area contributed by atoms with Crippen LogP contribution in [0.25, 0.3) is 0 Å². The molecule has 0 bridgehead atoms. The molecule has 0 radical (unpaired) electrons. The van der Waals surface area contributed by atoms with Gasteiger partial charge in [-0.15, -0.1) is 11.3 Å². The molecule has 2 heterocycles. The lowest BCUT2D eigenvalue weighted by atomic mass is 9.81. The number of carbonyl (C=O) groups excluding carboxylic acids is 2. The van der Waals surface area contributed by atoms with E-state index in [4.69, 9.17) is 4.74 Å². The van der Waals surface area contributed by atoms with Crippen molar-refractivity contribution in [1.82, 2.24) is 5.32 Å². The van der Waals surface area contributed by atoms with Gasteiger partial charge in [-0.2, -0.15) is 26.3 Å². The molecule has 5 nitrogen and oxygen atoms in total. The number of amides is 1. The van der Waals surface area contributed by atoms with Crippen LogP contribution in [-0.2, 0) is 29.0 Å². The summed E-state index contributed by atoms with van der Waals surface area (Å²) in [5, 5.41) is 5.79. The van der Waals surface area contributed by atoms with Crippen LogP contribution < -0.4 is 10.6 Å². The van der Waals surface area contributed by atoms with Gasteiger partial charge in [0.05, 0.1) is 23.3 Å². The molecule has 2 aromatic rings. The Kier molecular flexibility index (Phi) is 6.79. The number of alkyl halides is 6. The van der Waals surface area contributed by atoms with E-state index in [1.807, 2.05) is 27.7 Å². The molecule has 12 heteroatoms. The molecule has 0 aliphatic carbocycles. The Labute approximate surface area is 201 Å². The Morgan fingerprint density at radius 3 is 2.06 bits per heavy atom. The molecule has 192 valence electrons. The third kappa shape index (κ3) is 5.64. The Hall–Kier alpha value is -2.60. The predicted octanol–water partition coefficient (Wildman–Crippen LogP) is 6.37. The van der Waals surface area contributed by atoms with Gasteiger partial charge in [0, 0.05) is 21.5 Å². The van der Waals surface area contributed by atoms with Crippen molar-refractivity contribution >= 4 is 28.2 Å². The van der Waals surface area contributed by atoms with Crippen molar-refractivity contribution < 1.29 is 40.7 Å². The third-order valence-electron chi connectivity index (χ3n) is 5.40. The van der Waals surface area contributed by atoms with Gasteiger partial charge in [0.1, 0.15) is 5.00 Å². The molecular formula is C23H24F6N2O3S. The second-order valence-electron chi connectivity index (χ2n) is 9.39. The van der Waals surface area contributed by atoms with Crippen LogP contribution in [0, 0.1) is 0 Å². The van der Waals surface area contributed by atoms with E-state index in [-0.39, 0.29) is 23.2 Å². The summed E-state index contributed by atoms with van der Waals surface area (Å²) < 4.78 is 84.5. The average molecular weight is 523 g/mol. The molecule has 35 heavy (non-hydrogen) atoms. The van der Waals surface area contributed by atoms with Crippen LogP contribution in [0.15, 0.2) is 18.2 Å². The number of hydrogen-bond acceptors (Lipinski definition) is 5. The summed E-state index contributed by atoms with van der Waals surface area (Å²) >= 11 is 1.03. The Morgan fingerprint density at radius 2 is 1.57 bits per heavy atom. The molecule has 1 aliphatic heterocycles. The maximum absolute atomic E-state index is 13.2. The number of benzene rings is 1. The first-order chi connectivity index (χ1) is 15.9. The van der Waals surface area contributed by atoms with Gasteiger partial charge < -0.3 is 15.4 Å². The number of esters is 1. The summed E-state index contributed by atoms with van der Waals surface area (Å²) in [5.41, 5.74) is -4.48. The monoisotopic (exact) mass is 522 g/mol. The van der Waals surface area contributed by atoms with E-state index < -0.39 is 52.0 Å². The third-order valence-corrected chi connectivity index (χ3v) is 6.87. The van der Waals surface area contributed by atoms with E-state index in [0.717, 1.165) is 11.3 Å². The lowest BCUT2D eigenvalue weighted by Gasteiger charge is -2.42. The number of carbonyl (C=O) groups is 2. The second-order valence-corrected chi connectivity index (χ2v) is 10.4. The standard InChI is InChI=1S/C23H24F6N2O3S/c1-6-34-19(33)15-14-10-20(2,3)31-21(4,5)16(14)35-18(15)30-17(32)11-7-12(22(24,25)26)9-13(8-11)23(27,28)29/h7-9,31H,6,10H2,1-5H3,(H,30,32). The minimum Gasteiger partial charge on any atom is -0.462 e. The summed E-state index contributed by atoms with van der Waals surface area (Å²) in [5.74, 6) is -1.95. The molecule has 1 aromatic heterocycles. The Bertz CT molecular complexity index is 1130. The van der Waals surface area contributed by atoms with Crippen molar-refractivity contribution in [2.75, 3.05) is 11.9 Å². The summed E-state index contributed by atoms with van der Waals surface area (Å²) in [6.07, 6.45) is -9.82. The highest BCUT2D eigenvalue weighted by molar-refractivity contribution is 7.17. The van der Waals surface area contributed by atoms with Crippen molar-refractivity contribution in [3.05, 3.63) is 50.9 Å². The molecule has 0 saturated heterocycles. The maximum atomic E-state index is 13.2. The minimum absolute atomic E-state index is 0.00278. The van der Waals surface area contributed by atoms with Crippen LogP contribution in [0.4, 0.5) is 31.3 Å². The van der Waals surface area contributed by atoms with Gasteiger partial charge in [-0.25, -0.2) is 4.79 Å². The number of hydrogen-bond donors (Lipinski definition) is 2. The van der Waals surface area contributed by atoms with Crippen molar-refractivity contribution in [2.24, 2.45) is 0 Å². The van der Waals surface area contributed by atoms with Gasteiger partial charge in [0.2, 0.25) is 0 Å². The maximum Gasteiger partial charge on any atom is 0.416 e. The number of thiophene rings is 1. The van der Waals surface area contributed by atoms with Crippen LogP contribution >= 0.6 is 11.3 Å². The van der Waals surface area contributed by atoms with E-state index in [1.165, 1.54) is 0 Å². The van der Waals surface area contributed by atoms with Gasteiger partial charge in [-0.05, 0) is 64.8 Å². The van der Waals surface area contributed by atoms with Crippen molar-refractivity contribution in [1.29, 1.82) is 0 Å². The van der Waals surface area contributed by atoms with Crippen LogP contribution in [0.1, 0.15) is 76.9 Å². The van der Waals surface area contributed by atoms with Crippen LogP contribution in [0.5, 0.6) is 0 Å². The number of fused-ring (bicyclic) bond motifs is 1. The van der Waals surface area contributed by atoms with Gasteiger partial charge in [0.15, 0.2) is 0 Å². The average Bonchev–Trinajstić information content (AvgIpc) is 3.03. The van der Waals surface area contributed by atoms with E-state index >= 15 is 0 Å². The molecule has 0 saturated carbocycles. The fourth-order valence-corrected chi connectivity index (χ4v) is 5.56. The highest BCUT2D eigenvalue weighted by atomic mass is 32.1. The normalized spacial score (nSPS) is 17.0. The van der Waals surface area contributed by atoms with Crippen molar-refractivity contribution in [3.63, 3.8) is 0 Å².